The zero-order valence-electron chi connectivity index (χ0n) is 8.11. The maximum Gasteiger partial charge on any atom is 0.124 e. The molecule has 0 saturated heterocycles. The Kier molecular flexibility index (Phi) is 2.40. The Bertz CT molecular complexity index is 372. The molecule has 0 amide bonds. The molecule has 0 radical (unpaired) electrons. The minimum Gasteiger partial charge on any atom is -0.330 e. The highest BCUT2D eigenvalue weighted by atomic mass is 79.9. The maximum atomic E-state index is 13.2. The van der Waals surface area contributed by atoms with Crippen LogP contribution in [0.4, 0.5) is 4.39 Å². The van der Waals surface area contributed by atoms with E-state index in [1.807, 2.05) is 6.92 Å². The highest BCUT2D eigenvalue weighted by molar-refractivity contribution is 9.10. The lowest BCUT2D eigenvalue weighted by Gasteiger charge is -2.17. The third kappa shape index (κ3) is 1.48. The summed E-state index contributed by atoms with van der Waals surface area (Å²) in [5, 5.41) is 0. The molecule has 0 unspecified atom stereocenters. The number of halogens is 2. The number of benzene rings is 1. The summed E-state index contributed by atoms with van der Waals surface area (Å²) in [4.78, 5) is 0. The second-order valence-electron chi connectivity index (χ2n) is 4.04. The summed E-state index contributed by atoms with van der Waals surface area (Å²) in [5.74, 6) is -0.183. The van der Waals surface area contributed by atoms with Gasteiger partial charge in [0.1, 0.15) is 5.82 Å². The van der Waals surface area contributed by atoms with Crippen molar-refractivity contribution >= 4 is 15.9 Å². The van der Waals surface area contributed by atoms with E-state index in [1.54, 1.807) is 6.07 Å². The standard InChI is InChI=1S/C11H13BrFN/c1-7-9(11(6-14)2-3-11)4-8(13)5-10(7)12/h4-5H,2-3,6,14H2,1H3. The summed E-state index contributed by atoms with van der Waals surface area (Å²) in [6.07, 6.45) is 2.17. The molecule has 14 heavy (non-hydrogen) atoms. The normalized spacial score (nSPS) is 18.3. The molecule has 76 valence electrons. The van der Waals surface area contributed by atoms with Gasteiger partial charge in [-0.15, -0.1) is 0 Å². The van der Waals surface area contributed by atoms with Crippen molar-refractivity contribution in [1.82, 2.24) is 0 Å². The molecule has 1 fully saturated rings. The van der Waals surface area contributed by atoms with Gasteiger partial charge in [-0.05, 0) is 43.0 Å². The lowest BCUT2D eigenvalue weighted by molar-refractivity contribution is 0.613. The molecule has 1 nitrogen and oxygen atoms in total. The molecule has 3 heteroatoms. The quantitative estimate of drug-likeness (QED) is 0.867. The van der Waals surface area contributed by atoms with E-state index >= 15 is 0 Å². The molecule has 1 saturated carbocycles. The van der Waals surface area contributed by atoms with Crippen molar-refractivity contribution < 1.29 is 4.39 Å². The van der Waals surface area contributed by atoms with E-state index in [1.165, 1.54) is 6.07 Å². The van der Waals surface area contributed by atoms with Crippen molar-refractivity contribution in [2.24, 2.45) is 5.73 Å². The van der Waals surface area contributed by atoms with E-state index in [9.17, 15) is 4.39 Å². The lowest BCUT2D eigenvalue weighted by atomic mass is 9.92. The van der Waals surface area contributed by atoms with Crippen molar-refractivity contribution in [1.29, 1.82) is 0 Å². The smallest absolute Gasteiger partial charge is 0.124 e. The number of hydrogen-bond donors (Lipinski definition) is 1. The molecule has 0 aromatic heterocycles. The van der Waals surface area contributed by atoms with E-state index in [-0.39, 0.29) is 11.2 Å². The molecule has 0 spiro atoms. The highest BCUT2D eigenvalue weighted by Gasteiger charge is 2.44. The first-order chi connectivity index (χ1) is 6.59. The van der Waals surface area contributed by atoms with Crippen LogP contribution in [0.3, 0.4) is 0 Å². The first-order valence-corrected chi connectivity index (χ1v) is 5.54. The van der Waals surface area contributed by atoms with Gasteiger partial charge in [-0.3, -0.25) is 0 Å². The van der Waals surface area contributed by atoms with Crippen LogP contribution in [0.2, 0.25) is 0 Å². The van der Waals surface area contributed by atoms with Crippen LogP contribution in [0.15, 0.2) is 16.6 Å². The highest BCUT2D eigenvalue weighted by Crippen LogP contribution is 2.49. The second-order valence-corrected chi connectivity index (χ2v) is 4.90. The molecule has 2 N–H and O–H groups in total. The summed E-state index contributed by atoms with van der Waals surface area (Å²) >= 11 is 3.37. The van der Waals surface area contributed by atoms with Crippen molar-refractivity contribution in [3.05, 3.63) is 33.5 Å². The van der Waals surface area contributed by atoms with Crippen LogP contribution >= 0.6 is 15.9 Å². The van der Waals surface area contributed by atoms with Crippen LogP contribution in [0.1, 0.15) is 24.0 Å². The third-order valence-electron chi connectivity index (χ3n) is 3.12. The van der Waals surface area contributed by atoms with Gasteiger partial charge in [0.15, 0.2) is 0 Å². The van der Waals surface area contributed by atoms with Gasteiger partial charge in [0.25, 0.3) is 0 Å². The van der Waals surface area contributed by atoms with Gasteiger partial charge < -0.3 is 5.73 Å². The predicted molar refractivity (Wildman–Crippen MR) is 58.8 cm³/mol. The first kappa shape index (κ1) is 10.1. The van der Waals surface area contributed by atoms with Gasteiger partial charge >= 0.3 is 0 Å². The Labute approximate surface area is 91.6 Å². The summed E-state index contributed by atoms with van der Waals surface area (Å²) in [6.45, 7) is 2.62. The average Bonchev–Trinajstić information content (AvgIpc) is 2.92. The third-order valence-corrected chi connectivity index (χ3v) is 3.95. The molecular formula is C11H13BrFN. The molecule has 0 heterocycles. The van der Waals surface area contributed by atoms with E-state index in [2.05, 4.69) is 15.9 Å². The van der Waals surface area contributed by atoms with E-state index < -0.39 is 0 Å². The molecule has 0 aliphatic heterocycles. The summed E-state index contributed by atoms with van der Waals surface area (Å²) in [5.41, 5.74) is 7.99. The van der Waals surface area contributed by atoms with Crippen LogP contribution in [0.5, 0.6) is 0 Å². The largest absolute Gasteiger partial charge is 0.330 e. The van der Waals surface area contributed by atoms with Gasteiger partial charge in [-0.25, -0.2) is 4.39 Å². The second kappa shape index (κ2) is 3.31. The number of nitrogens with two attached hydrogens (primary N) is 1. The Balaban J connectivity index is 2.52. The van der Waals surface area contributed by atoms with Crippen molar-refractivity contribution in [2.75, 3.05) is 6.54 Å². The molecule has 1 aliphatic rings. The first-order valence-electron chi connectivity index (χ1n) is 4.75. The molecule has 0 atom stereocenters. The van der Waals surface area contributed by atoms with E-state index in [4.69, 9.17) is 5.73 Å². The minimum atomic E-state index is -0.183. The molecule has 1 aromatic carbocycles. The van der Waals surface area contributed by atoms with Crippen molar-refractivity contribution in [3.8, 4) is 0 Å². The van der Waals surface area contributed by atoms with Crippen LogP contribution in [0, 0.1) is 12.7 Å². The summed E-state index contributed by atoms with van der Waals surface area (Å²) < 4.78 is 14.1. The Hall–Kier alpha value is -0.410. The van der Waals surface area contributed by atoms with Crippen molar-refractivity contribution in [2.45, 2.75) is 25.2 Å². The monoisotopic (exact) mass is 257 g/mol. The van der Waals surface area contributed by atoms with Gasteiger partial charge in [-0.2, -0.15) is 0 Å². The van der Waals surface area contributed by atoms with E-state index in [0.29, 0.717) is 6.54 Å². The van der Waals surface area contributed by atoms with Crippen LogP contribution in [-0.2, 0) is 5.41 Å². The van der Waals surface area contributed by atoms with Crippen LogP contribution < -0.4 is 5.73 Å². The Morgan fingerprint density at radius 1 is 1.50 bits per heavy atom. The predicted octanol–water partition coefficient (Wildman–Crippen LogP) is 2.89. The molecule has 2 rings (SSSR count). The topological polar surface area (TPSA) is 26.0 Å². The zero-order valence-corrected chi connectivity index (χ0v) is 9.70. The molecule has 1 aliphatic carbocycles. The number of hydrogen-bond acceptors (Lipinski definition) is 1. The Morgan fingerprint density at radius 2 is 2.14 bits per heavy atom. The lowest BCUT2D eigenvalue weighted by Crippen LogP contribution is -2.21. The fourth-order valence-corrected chi connectivity index (χ4v) is 2.36. The van der Waals surface area contributed by atoms with Gasteiger partial charge in [0, 0.05) is 16.4 Å². The zero-order chi connectivity index (χ0) is 10.3. The Morgan fingerprint density at radius 3 is 2.64 bits per heavy atom. The van der Waals surface area contributed by atoms with Crippen LogP contribution in [0.25, 0.3) is 0 Å². The summed E-state index contributed by atoms with van der Waals surface area (Å²) in [7, 11) is 0. The minimum absolute atomic E-state index is 0.0642. The van der Waals surface area contributed by atoms with E-state index in [0.717, 1.165) is 28.4 Å². The van der Waals surface area contributed by atoms with Gasteiger partial charge in [0.2, 0.25) is 0 Å². The van der Waals surface area contributed by atoms with Crippen molar-refractivity contribution in [3.63, 3.8) is 0 Å². The molecule has 1 aromatic rings. The average molecular weight is 258 g/mol. The molecular weight excluding hydrogens is 245 g/mol. The van der Waals surface area contributed by atoms with Gasteiger partial charge in [-0.1, -0.05) is 15.9 Å². The molecule has 0 bridgehead atoms. The SMILES string of the molecule is Cc1c(Br)cc(F)cc1C1(CN)CC1. The fourth-order valence-electron chi connectivity index (χ4n) is 1.93. The maximum absolute atomic E-state index is 13.2. The van der Waals surface area contributed by atoms with Crippen LogP contribution in [-0.4, -0.2) is 6.54 Å². The summed E-state index contributed by atoms with van der Waals surface area (Å²) in [6, 6.07) is 3.13. The fraction of sp³-hybridized carbons (Fsp3) is 0.455. The number of rotatable bonds is 2. The van der Waals surface area contributed by atoms with Gasteiger partial charge in [0.05, 0.1) is 0 Å².